The van der Waals surface area contributed by atoms with Crippen LogP contribution in [0.4, 0.5) is 11.5 Å². The molecular formula is C12H16ClN3. The van der Waals surface area contributed by atoms with Crippen LogP contribution in [0.15, 0.2) is 12.3 Å². The lowest BCUT2D eigenvalue weighted by atomic mass is 9.91. The summed E-state index contributed by atoms with van der Waals surface area (Å²) in [6.45, 7) is 4.47. The van der Waals surface area contributed by atoms with Gasteiger partial charge >= 0.3 is 0 Å². The number of halogens is 1. The highest BCUT2D eigenvalue weighted by Crippen LogP contribution is 2.36. The van der Waals surface area contributed by atoms with Gasteiger partial charge < -0.3 is 10.2 Å². The molecule has 1 fully saturated rings. The third-order valence-electron chi connectivity index (χ3n) is 3.61. The normalized spacial score (nSPS) is 28.0. The van der Waals surface area contributed by atoms with Crippen molar-refractivity contribution < 1.29 is 0 Å². The predicted octanol–water partition coefficient (Wildman–Crippen LogP) is 2.77. The molecule has 3 nitrogen and oxygen atoms in total. The molecule has 1 saturated heterocycles. The van der Waals surface area contributed by atoms with Crippen LogP contribution in [0.5, 0.6) is 0 Å². The van der Waals surface area contributed by atoms with Crippen molar-refractivity contribution in [3.8, 4) is 0 Å². The van der Waals surface area contributed by atoms with Gasteiger partial charge in [-0.1, -0.05) is 18.5 Å². The van der Waals surface area contributed by atoms with Crippen LogP contribution in [0.25, 0.3) is 0 Å². The zero-order chi connectivity index (χ0) is 11.1. The lowest BCUT2D eigenvalue weighted by molar-refractivity contribution is 0.365. The van der Waals surface area contributed by atoms with Gasteiger partial charge in [0.1, 0.15) is 0 Å². The second kappa shape index (κ2) is 3.81. The van der Waals surface area contributed by atoms with Crippen LogP contribution >= 0.6 is 11.6 Å². The minimum Gasteiger partial charge on any atom is -0.380 e. The van der Waals surface area contributed by atoms with Crippen molar-refractivity contribution in [3.05, 3.63) is 17.3 Å². The van der Waals surface area contributed by atoms with Crippen LogP contribution in [0.1, 0.15) is 19.8 Å². The number of piperidine rings is 1. The molecule has 16 heavy (non-hydrogen) atoms. The molecule has 2 aliphatic rings. The average Bonchev–Trinajstić information content (AvgIpc) is 2.28. The molecule has 4 heteroatoms. The Kier molecular flexibility index (Phi) is 2.43. The lowest BCUT2D eigenvalue weighted by Gasteiger charge is -2.43. The molecule has 1 aromatic rings. The molecule has 3 heterocycles. The summed E-state index contributed by atoms with van der Waals surface area (Å²) in [5, 5.41) is 4.14. The highest BCUT2D eigenvalue weighted by Gasteiger charge is 2.31. The molecule has 1 aromatic heterocycles. The monoisotopic (exact) mass is 237 g/mol. The largest absolute Gasteiger partial charge is 0.380 e. The van der Waals surface area contributed by atoms with E-state index in [4.69, 9.17) is 11.6 Å². The summed E-state index contributed by atoms with van der Waals surface area (Å²) in [7, 11) is 0. The standard InChI is InChI=1S/C12H16ClN3/c1-8-2-3-16-10(4-8)7-14-11-5-9(13)6-15-12(11)16/h5-6,8,10,14H,2-4,7H2,1H3. The fraction of sp³-hybridized carbons (Fsp3) is 0.583. The number of hydrogen-bond donors (Lipinski definition) is 1. The van der Waals surface area contributed by atoms with Gasteiger partial charge in [-0.25, -0.2) is 4.98 Å². The van der Waals surface area contributed by atoms with E-state index < -0.39 is 0 Å². The molecule has 1 N–H and O–H groups in total. The van der Waals surface area contributed by atoms with Crippen molar-refractivity contribution in [3.63, 3.8) is 0 Å². The molecule has 0 radical (unpaired) electrons. The average molecular weight is 238 g/mol. The summed E-state index contributed by atoms with van der Waals surface area (Å²) < 4.78 is 0. The third-order valence-corrected chi connectivity index (χ3v) is 3.82. The van der Waals surface area contributed by atoms with E-state index in [1.807, 2.05) is 6.07 Å². The van der Waals surface area contributed by atoms with Crippen LogP contribution in [-0.2, 0) is 0 Å². The van der Waals surface area contributed by atoms with Gasteiger partial charge in [-0.05, 0) is 24.8 Å². The van der Waals surface area contributed by atoms with Crippen LogP contribution in [0.3, 0.4) is 0 Å². The second-order valence-electron chi connectivity index (χ2n) is 4.88. The van der Waals surface area contributed by atoms with Crippen molar-refractivity contribution >= 4 is 23.1 Å². The number of fused-ring (bicyclic) bond motifs is 3. The van der Waals surface area contributed by atoms with Crippen LogP contribution in [0.2, 0.25) is 5.02 Å². The Morgan fingerprint density at radius 1 is 1.56 bits per heavy atom. The predicted molar refractivity (Wildman–Crippen MR) is 67.3 cm³/mol. The molecule has 2 atom stereocenters. The number of nitrogens with zero attached hydrogens (tertiary/aromatic N) is 2. The summed E-state index contributed by atoms with van der Waals surface area (Å²) in [5.41, 5.74) is 1.08. The zero-order valence-electron chi connectivity index (χ0n) is 9.41. The fourth-order valence-electron chi connectivity index (χ4n) is 2.74. The maximum Gasteiger partial charge on any atom is 0.152 e. The molecular weight excluding hydrogens is 222 g/mol. The van der Waals surface area contributed by atoms with Crippen LogP contribution < -0.4 is 10.2 Å². The van der Waals surface area contributed by atoms with Gasteiger partial charge in [0.2, 0.25) is 0 Å². The molecule has 3 rings (SSSR count). The van der Waals surface area contributed by atoms with E-state index in [9.17, 15) is 0 Å². The van der Waals surface area contributed by atoms with Crippen molar-refractivity contribution in [2.75, 3.05) is 23.3 Å². The van der Waals surface area contributed by atoms with E-state index >= 15 is 0 Å². The van der Waals surface area contributed by atoms with Crippen LogP contribution in [0, 0.1) is 5.92 Å². The van der Waals surface area contributed by atoms with E-state index in [1.165, 1.54) is 12.8 Å². The van der Waals surface area contributed by atoms with Crippen molar-refractivity contribution in [1.29, 1.82) is 0 Å². The molecule has 86 valence electrons. The molecule has 0 saturated carbocycles. The number of hydrogen-bond acceptors (Lipinski definition) is 3. The number of rotatable bonds is 0. The van der Waals surface area contributed by atoms with Gasteiger partial charge in [0, 0.05) is 25.3 Å². The smallest absolute Gasteiger partial charge is 0.152 e. The molecule has 2 aliphatic heterocycles. The third kappa shape index (κ3) is 1.63. The van der Waals surface area contributed by atoms with E-state index in [0.29, 0.717) is 11.1 Å². The Bertz CT molecular complexity index is 407. The zero-order valence-corrected chi connectivity index (χ0v) is 10.2. The maximum atomic E-state index is 5.95. The molecule has 0 aliphatic carbocycles. The van der Waals surface area contributed by atoms with E-state index in [0.717, 1.165) is 30.5 Å². The SMILES string of the molecule is CC1CCN2c3ncc(Cl)cc3NCC2C1. The first-order valence-corrected chi connectivity index (χ1v) is 6.28. The van der Waals surface area contributed by atoms with E-state index in [-0.39, 0.29) is 0 Å². The van der Waals surface area contributed by atoms with E-state index in [1.54, 1.807) is 6.20 Å². The summed E-state index contributed by atoms with van der Waals surface area (Å²) in [5.74, 6) is 1.91. The first-order valence-electron chi connectivity index (χ1n) is 5.90. The summed E-state index contributed by atoms with van der Waals surface area (Å²) in [4.78, 5) is 6.89. The first kappa shape index (κ1) is 10.2. The quantitative estimate of drug-likeness (QED) is 0.752. The first-order chi connectivity index (χ1) is 7.74. The Hall–Kier alpha value is -0.960. The Labute approximate surface area is 101 Å². The topological polar surface area (TPSA) is 28.2 Å². The van der Waals surface area contributed by atoms with Gasteiger partial charge in [-0.2, -0.15) is 0 Å². The highest BCUT2D eigenvalue weighted by atomic mass is 35.5. The summed E-state index contributed by atoms with van der Waals surface area (Å²) >= 11 is 5.95. The van der Waals surface area contributed by atoms with Gasteiger partial charge in [-0.3, -0.25) is 0 Å². The van der Waals surface area contributed by atoms with Gasteiger partial charge in [0.05, 0.1) is 10.7 Å². The molecule has 0 spiro atoms. The van der Waals surface area contributed by atoms with Crippen molar-refractivity contribution in [2.24, 2.45) is 5.92 Å². The number of aromatic nitrogens is 1. The Balaban J connectivity index is 1.94. The fourth-order valence-corrected chi connectivity index (χ4v) is 2.90. The molecule has 0 aromatic carbocycles. The number of anilines is 2. The molecule has 0 bridgehead atoms. The van der Waals surface area contributed by atoms with Gasteiger partial charge in [-0.15, -0.1) is 0 Å². The molecule has 2 unspecified atom stereocenters. The Morgan fingerprint density at radius 3 is 3.31 bits per heavy atom. The minimum absolute atomic E-state index is 0.602. The van der Waals surface area contributed by atoms with Crippen molar-refractivity contribution in [2.45, 2.75) is 25.8 Å². The highest BCUT2D eigenvalue weighted by molar-refractivity contribution is 6.30. The summed E-state index contributed by atoms with van der Waals surface area (Å²) in [6.07, 6.45) is 4.26. The van der Waals surface area contributed by atoms with Gasteiger partial charge in [0.15, 0.2) is 5.82 Å². The number of pyridine rings is 1. The van der Waals surface area contributed by atoms with Crippen molar-refractivity contribution in [1.82, 2.24) is 4.98 Å². The maximum absolute atomic E-state index is 5.95. The lowest BCUT2D eigenvalue weighted by Crippen LogP contribution is -2.49. The minimum atomic E-state index is 0.602. The van der Waals surface area contributed by atoms with Gasteiger partial charge in [0.25, 0.3) is 0 Å². The second-order valence-corrected chi connectivity index (χ2v) is 5.32. The van der Waals surface area contributed by atoms with Crippen LogP contribution in [-0.4, -0.2) is 24.1 Å². The summed E-state index contributed by atoms with van der Waals surface area (Å²) in [6, 6.07) is 2.57. The molecule has 0 amide bonds. The number of nitrogens with one attached hydrogen (secondary N) is 1. The Morgan fingerprint density at radius 2 is 2.44 bits per heavy atom. The van der Waals surface area contributed by atoms with E-state index in [2.05, 4.69) is 22.1 Å².